The van der Waals surface area contributed by atoms with Crippen LogP contribution in [-0.2, 0) is 0 Å². The topological polar surface area (TPSA) is 0 Å². The highest BCUT2D eigenvalue weighted by Gasteiger charge is 2.48. The Morgan fingerprint density at radius 3 is 1.13 bits per heavy atom. The molecule has 0 spiro atoms. The molecule has 4 aromatic rings. The summed E-state index contributed by atoms with van der Waals surface area (Å²) in [6.07, 6.45) is 21.5. The highest BCUT2D eigenvalue weighted by atomic mass is 31.1. The molecular formula is C44H45P3. The lowest BCUT2D eigenvalue weighted by molar-refractivity contribution is 0.507. The zero-order valence-corrected chi connectivity index (χ0v) is 30.3. The summed E-state index contributed by atoms with van der Waals surface area (Å²) in [4.78, 5) is 0. The summed E-state index contributed by atoms with van der Waals surface area (Å²) in [5.41, 5.74) is 4.95. The van der Waals surface area contributed by atoms with Crippen LogP contribution in [-0.4, -0.2) is 17.0 Å². The molecule has 4 aromatic carbocycles. The van der Waals surface area contributed by atoms with Gasteiger partial charge in [-0.2, -0.15) is 0 Å². The number of benzene rings is 4. The lowest BCUT2D eigenvalue weighted by Gasteiger charge is -2.46. The van der Waals surface area contributed by atoms with E-state index in [1.54, 1.807) is 23.2 Å². The second-order valence-corrected chi connectivity index (χ2v) is 20.4. The lowest BCUT2D eigenvalue weighted by Crippen LogP contribution is -2.32. The van der Waals surface area contributed by atoms with Crippen LogP contribution in [0.15, 0.2) is 121 Å². The lowest BCUT2D eigenvalue weighted by atomic mass is 10.00. The van der Waals surface area contributed by atoms with Crippen molar-refractivity contribution in [2.24, 2.45) is 0 Å². The van der Waals surface area contributed by atoms with Gasteiger partial charge in [-0.05, 0) is 117 Å². The maximum absolute atomic E-state index is 2.60. The fourth-order valence-corrected chi connectivity index (χ4v) is 17.1. The van der Waals surface area contributed by atoms with Crippen LogP contribution >= 0.6 is 23.8 Å². The molecule has 2 atom stereocenters. The van der Waals surface area contributed by atoms with E-state index in [9.17, 15) is 0 Å². The first-order chi connectivity index (χ1) is 23.2. The van der Waals surface area contributed by atoms with Crippen LogP contribution in [0.25, 0.3) is 0 Å². The van der Waals surface area contributed by atoms with Crippen molar-refractivity contribution in [2.45, 2.75) is 62.9 Å². The van der Waals surface area contributed by atoms with Crippen LogP contribution in [0.3, 0.4) is 0 Å². The molecular weight excluding hydrogens is 621 g/mol. The van der Waals surface area contributed by atoms with Gasteiger partial charge in [0, 0.05) is 11.3 Å². The Bertz CT molecular complexity index is 1300. The van der Waals surface area contributed by atoms with Gasteiger partial charge in [0.05, 0.1) is 0 Å². The van der Waals surface area contributed by atoms with Crippen molar-refractivity contribution in [1.29, 1.82) is 0 Å². The van der Waals surface area contributed by atoms with Gasteiger partial charge in [0.25, 0.3) is 0 Å². The number of rotatable bonds is 11. The standard InChI is InChI=1S/C44H45P3/c1-34(41-30-18-32-43(41)46(37-22-10-4-11-23-37)38-24-12-5-13-25-38)45(36-20-8-3-9-21-36)35(2)42-31-19-33-44(42)47(39-26-14-6-15-27-39)40-28-16-7-17-29-40/h4-7,10-19,22-36H,3,8-9,20-21H2,1-2H3/t34-,35-/m1/s1. The Kier molecular flexibility index (Phi) is 11.6. The van der Waals surface area contributed by atoms with Crippen molar-refractivity contribution in [1.82, 2.24) is 0 Å². The average Bonchev–Trinajstić information content (AvgIpc) is 3.82. The zero-order chi connectivity index (χ0) is 32.0. The molecule has 3 saturated carbocycles. The monoisotopic (exact) mass is 666 g/mol. The Morgan fingerprint density at radius 1 is 0.447 bits per heavy atom. The summed E-state index contributed by atoms with van der Waals surface area (Å²) < 4.78 is 0. The molecule has 0 aromatic heterocycles. The van der Waals surface area contributed by atoms with Crippen molar-refractivity contribution >= 4 is 45.0 Å². The third-order valence-electron chi connectivity index (χ3n) is 9.98. The van der Waals surface area contributed by atoms with Gasteiger partial charge in [0.2, 0.25) is 0 Å². The van der Waals surface area contributed by atoms with E-state index in [0.717, 1.165) is 5.66 Å². The van der Waals surface area contributed by atoms with Crippen LogP contribution in [0.4, 0.5) is 0 Å². The second kappa shape index (κ2) is 16.3. The minimum absolute atomic E-state index is 0.339. The van der Waals surface area contributed by atoms with Crippen molar-refractivity contribution in [3.63, 3.8) is 0 Å². The first kappa shape index (κ1) is 33.7. The summed E-state index contributed by atoms with van der Waals surface area (Å²) in [6, 6.07) is 45.1. The molecule has 0 N–H and O–H groups in total. The van der Waals surface area contributed by atoms with Crippen molar-refractivity contribution in [3.8, 4) is 0 Å². The summed E-state index contributed by atoms with van der Waals surface area (Å²) in [5.74, 6) is 3.18. The molecule has 7 rings (SSSR count). The Hall–Kier alpha value is -1.83. The van der Waals surface area contributed by atoms with E-state index in [0.29, 0.717) is 11.3 Å². The minimum atomic E-state index is -0.632. The first-order valence-corrected chi connectivity index (χ1v) is 21.5. The first-order valence-electron chi connectivity index (χ1n) is 17.3. The predicted molar refractivity (Wildman–Crippen MR) is 210 cm³/mol. The Balaban J connectivity index is 1.23. The van der Waals surface area contributed by atoms with Gasteiger partial charge in [-0.15, -0.1) is 0 Å². The van der Waals surface area contributed by atoms with Crippen LogP contribution < -0.4 is 21.2 Å². The fourth-order valence-electron chi connectivity index (χ4n) is 7.79. The highest BCUT2D eigenvalue weighted by Crippen LogP contribution is 2.69. The molecule has 3 heteroatoms. The molecule has 0 nitrogen and oxygen atoms in total. The molecule has 3 aliphatic rings. The van der Waals surface area contributed by atoms with E-state index in [4.69, 9.17) is 0 Å². The molecule has 3 fully saturated rings. The van der Waals surface area contributed by atoms with E-state index in [2.05, 4.69) is 174 Å². The van der Waals surface area contributed by atoms with E-state index in [1.807, 2.05) is 0 Å². The molecule has 0 heterocycles. The molecule has 0 bridgehead atoms. The van der Waals surface area contributed by atoms with E-state index in [1.165, 1.54) is 53.3 Å². The third kappa shape index (κ3) is 7.52. The van der Waals surface area contributed by atoms with Crippen molar-refractivity contribution in [2.75, 3.05) is 0 Å². The van der Waals surface area contributed by atoms with Crippen molar-refractivity contribution in [3.05, 3.63) is 183 Å². The molecule has 0 amide bonds. The maximum atomic E-state index is 2.60. The van der Waals surface area contributed by atoms with Gasteiger partial charge in [-0.3, -0.25) is 0 Å². The molecule has 47 heavy (non-hydrogen) atoms. The second-order valence-electron chi connectivity index (χ2n) is 12.8. The van der Waals surface area contributed by atoms with Gasteiger partial charge in [0.1, 0.15) is 0 Å². The maximum Gasteiger partial charge on any atom is 0.0201 e. The summed E-state index contributed by atoms with van der Waals surface area (Å²) >= 11 is 0. The van der Waals surface area contributed by atoms with Crippen LogP contribution in [0, 0.1) is 61.7 Å². The zero-order valence-electron chi connectivity index (χ0n) is 27.6. The SMILES string of the molecule is C[C@H]([C]1[CH][CH][CH][C]1P(c1ccccc1)c1ccccc1)P(C1CCCCC1)[C@H](C)[C]1[CH][CH][CH][C]1P(c1ccccc1)c1ccccc1. The quantitative estimate of drug-likeness (QED) is 0.140. The Morgan fingerprint density at radius 2 is 0.787 bits per heavy atom. The minimum Gasteiger partial charge on any atom is -0.0964 e. The van der Waals surface area contributed by atoms with Gasteiger partial charge >= 0.3 is 0 Å². The summed E-state index contributed by atoms with van der Waals surface area (Å²) in [6.45, 7) is 5.19. The smallest absolute Gasteiger partial charge is 0.0201 e. The van der Waals surface area contributed by atoms with Gasteiger partial charge in [-0.25, -0.2) is 0 Å². The molecule has 0 saturated heterocycles. The third-order valence-corrected chi connectivity index (χ3v) is 18.7. The van der Waals surface area contributed by atoms with E-state index >= 15 is 0 Å². The summed E-state index contributed by atoms with van der Waals surface area (Å²) in [7, 11) is -1.60. The molecule has 3 aliphatic carbocycles. The van der Waals surface area contributed by atoms with E-state index < -0.39 is 15.8 Å². The normalized spacial score (nSPS) is 20.4. The van der Waals surface area contributed by atoms with Crippen LogP contribution in [0.2, 0.25) is 0 Å². The largest absolute Gasteiger partial charge is 0.0964 e. The summed E-state index contributed by atoms with van der Waals surface area (Å²) in [5, 5.41) is 5.77. The van der Waals surface area contributed by atoms with Gasteiger partial charge in [0.15, 0.2) is 0 Å². The molecule has 236 valence electrons. The molecule has 10 radical (unpaired) electrons. The number of hydrogen-bond acceptors (Lipinski definition) is 0. The highest BCUT2D eigenvalue weighted by molar-refractivity contribution is 7.76. The van der Waals surface area contributed by atoms with Gasteiger partial charge < -0.3 is 0 Å². The van der Waals surface area contributed by atoms with Crippen LogP contribution in [0.5, 0.6) is 0 Å². The molecule has 0 aliphatic heterocycles. The molecule has 0 unspecified atom stereocenters. The fraction of sp³-hybridized carbons (Fsp3) is 0.227. The average molecular weight is 667 g/mol. The predicted octanol–water partition coefficient (Wildman–Crippen LogP) is 10.3. The number of hydrogen-bond donors (Lipinski definition) is 0. The van der Waals surface area contributed by atoms with Crippen LogP contribution in [0.1, 0.15) is 46.0 Å². The van der Waals surface area contributed by atoms with Crippen molar-refractivity contribution < 1.29 is 0 Å². The van der Waals surface area contributed by atoms with E-state index in [-0.39, 0.29) is 7.92 Å². The Labute approximate surface area is 289 Å². The van der Waals surface area contributed by atoms with Gasteiger partial charge in [-0.1, -0.05) is 162 Å².